The fourth-order valence-electron chi connectivity index (χ4n) is 4.47. The van der Waals surface area contributed by atoms with Crippen molar-refractivity contribution in [3.8, 4) is 0 Å². The maximum atomic E-state index is 13.4. The van der Waals surface area contributed by atoms with E-state index in [1.165, 1.54) is 5.56 Å². The molecule has 0 radical (unpaired) electrons. The Bertz CT molecular complexity index is 1120. The van der Waals surface area contributed by atoms with Gasteiger partial charge in [-0.2, -0.15) is 0 Å². The van der Waals surface area contributed by atoms with Crippen LogP contribution in [-0.2, 0) is 20.7 Å². The van der Waals surface area contributed by atoms with Crippen LogP contribution in [0, 0.1) is 0 Å². The molecule has 2 aliphatic heterocycles. The van der Waals surface area contributed by atoms with Gasteiger partial charge in [0.1, 0.15) is 6.04 Å². The first kappa shape index (κ1) is 19.8. The molecular weight excluding hydrogens is 392 g/mol. The van der Waals surface area contributed by atoms with Crippen LogP contribution < -0.4 is 10.2 Å². The second-order valence-corrected chi connectivity index (χ2v) is 8.17. The van der Waals surface area contributed by atoms with Crippen molar-refractivity contribution >= 4 is 34.5 Å². The van der Waals surface area contributed by atoms with Gasteiger partial charge in [-0.05, 0) is 49.1 Å². The van der Waals surface area contributed by atoms with Gasteiger partial charge < -0.3 is 10.1 Å². The van der Waals surface area contributed by atoms with Crippen molar-refractivity contribution in [2.24, 2.45) is 0 Å². The van der Waals surface area contributed by atoms with E-state index in [0.717, 1.165) is 42.6 Å². The lowest BCUT2D eigenvalue weighted by atomic mass is 10.1. The van der Waals surface area contributed by atoms with Crippen LogP contribution in [0.1, 0.15) is 37.8 Å². The molecule has 1 N–H and O–H groups in total. The largest absolute Gasteiger partial charge is 0.376 e. The van der Waals surface area contributed by atoms with Crippen LogP contribution >= 0.6 is 0 Å². The fourth-order valence-corrected chi connectivity index (χ4v) is 4.47. The van der Waals surface area contributed by atoms with Gasteiger partial charge in [0.05, 0.1) is 30.1 Å². The van der Waals surface area contributed by atoms with Crippen molar-refractivity contribution in [1.82, 2.24) is 9.55 Å². The summed E-state index contributed by atoms with van der Waals surface area (Å²) in [5.41, 5.74) is 3.64. The summed E-state index contributed by atoms with van der Waals surface area (Å²) in [6, 6.07) is 14.9. The third-order valence-electron chi connectivity index (χ3n) is 6.12. The molecule has 7 nitrogen and oxygen atoms in total. The zero-order valence-corrected chi connectivity index (χ0v) is 17.6. The minimum atomic E-state index is -0.612. The molecule has 2 atom stereocenters. The Morgan fingerprint density at radius 1 is 1.19 bits per heavy atom. The quantitative estimate of drug-likeness (QED) is 0.662. The topological polar surface area (TPSA) is 76.5 Å². The van der Waals surface area contributed by atoms with Crippen LogP contribution in [0.3, 0.4) is 0 Å². The number of benzene rings is 2. The molecule has 31 heavy (non-hydrogen) atoms. The Morgan fingerprint density at radius 2 is 2.00 bits per heavy atom. The first-order valence-corrected chi connectivity index (χ1v) is 10.9. The zero-order chi connectivity index (χ0) is 21.4. The number of nitrogens with one attached hydrogen (secondary N) is 1. The molecule has 1 fully saturated rings. The highest BCUT2D eigenvalue weighted by Crippen LogP contribution is 2.37. The number of para-hydroxylation sites is 2. The number of aryl methyl sites for hydroxylation is 1. The summed E-state index contributed by atoms with van der Waals surface area (Å²) in [4.78, 5) is 32.6. The number of fused-ring (bicyclic) bond motifs is 3. The molecule has 3 aromatic rings. The summed E-state index contributed by atoms with van der Waals surface area (Å²) in [5.74, 6) is 0.317. The maximum Gasteiger partial charge on any atom is 0.253 e. The first-order valence-electron chi connectivity index (χ1n) is 10.9. The van der Waals surface area contributed by atoms with Crippen molar-refractivity contribution in [2.75, 3.05) is 23.4 Å². The van der Waals surface area contributed by atoms with Crippen molar-refractivity contribution in [1.29, 1.82) is 0 Å². The zero-order valence-electron chi connectivity index (χ0n) is 17.6. The molecule has 5 rings (SSSR count). The number of imidazole rings is 1. The number of carbonyl (C=O) groups is 2. The third-order valence-corrected chi connectivity index (χ3v) is 6.12. The van der Waals surface area contributed by atoms with E-state index in [-0.39, 0.29) is 24.3 Å². The lowest BCUT2D eigenvalue weighted by Crippen LogP contribution is -2.37. The van der Waals surface area contributed by atoms with Gasteiger partial charge in [0.25, 0.3) is 5.91 Å². The normalized spacial score (nSPS) is 20.4. The molecule has 160 valence electrons. The number of rotatable bonds is 6. The highest BCUT2D eigenvalue weighted by atomic mass is 16.5. The minimum Gasteiger partial charge on any atom is -0.376 e. The third kappa shape index (κ3) is 3.70. The molecule has 1 aromatic heterocycles. The highest BCUT2D eigenvalue weighted by Gasteiger charge is 2.42. The van der Waals surface area contributed by atoms with Crippen molar-refractivity contribution in [3.63, 3.8) is 0 Å². The molecule has 0 bridgehead atoms. The number of carbonyl (C=O) groups excluding carboxylic acids is 2. The van der Waals surface area contributed by atoms with Gasteiger partial charge >= 0.3 is 0 Å². The van der Waals surface area contributed by atoms with Crippen LogP contribution in [0.25, 0.3) is 11.0 Å². The Kier molecular flexibility index (Phi) is 5.19. The summed E-state index contributed by atoms with van der Waals surface area (Å²) in [7, 11) is 0. The summed E-state index contributed by atoms with van der Waals surface area (Å²) in [6.07, 6.45) is 2.96. The summed E-state index contributed by atoms with van der Waals surface area (Å²) in [6.45, 7) is 3.29. The molecule has 2 unspecified atom stereocenters. The van der Waals surface area contributed by atoms with Crippen molar-refractivity contribution in [2.45, 2.75) is 44.8 Å². The molecule has 3 heterocycles. The van der Waals surface area contributed by atoms with Gasteiger partial charge in [-0.25, -0.2) is 4.98 Å². The average Bonchev–Trinajstić information content (AvgIpc) is 3.48. The van der Waals surface area contributed by atoms with E-state index in [0.29, 0.717) is 12.5 Å². The summed E-state index contributed by atoms with van der Waals surface area (Å²) in [5, 5.41) is 2.93. The maximum absolute atomic E-state index is 13.4. The number of aromatic nitrogens is 2. The number of hydrogen-bond donors (Lipinski definition) is 1. The fraction of sp³-hybridized carbons (Fsp3) is 0.375. The lowest BCUT2D eigenvalue weighted by molar-refractivity contribution is -0.124. The van der Waals surface area contributed by atoms with E-state index in [4.69, 9.17) is 9.72 Å². The molecule has 2 amide bonds. The van der Waals surface area contributed by atoms with E-state index in [1.54, 1.807) is 4.90 Å². The van der Waals surface area contributed by atoms with Gasteiger partial charge in [-0.3, -0.25) is 19.1 Å². The molecule has 1 saturated heterocycles. The highest BCUT2D eigenvalue weighted by molar-refractivity contribution is 6.05. The summed E-state index contributed by atoms with van der Waals surface area (Å²) < 4.78 is 7.67. The molecule has 0 spiro atoms. The average molecular weight is 418 g/mol. The number of ether oxygens (including phenoxy) is 1. The SMILES string of the molecule is CCc1ccc(NC(=O)CC2C(=O)N(CC3CCCO3)c3nc4ccccc4n32)cc1. The molecular formula is C24H26N4O3. The van der Waals surface area contributed by atoms with Gasteiger partial charge in [0, 0.05) is 12.3 Å². The number of amides is 2. The van der Waals surface area contributed by atoms with E-state index < -0.39 is 6.04 Å². The number of anilines is 2. The van der Waals surface area contributed by atoms with Crippen molar-refractivity contribution in [3.05, 3.63) is 54.1 Å². The summed E-state index contributed by atoms with van der Waals surface area (Å²) >= 11 is 0. The molecule has 7 heteroatoms. The smallest absolute Gasteiger partial charge is 0.253 e. The molecule has 2 aromatic carbocycles. The predicted molar refractivity (Wildman–Crippen MR) is 119 cm³/mol. The molecule has 2 aliphatic rings. The van der Waals surface area contributed by atoms with Gasteiger partial charge in [-0.1, -0.05) is 31.2 Å². The van der Waals surface area contributed by atoms with Crippen molar-refractivity contribution < 1.29 is 14.3 Å². The van der Waals surface area contributed by atoms with E-state index in [1.807, 2.05) is 53.1 Å². The second-order valence-electron chi connectivity index (χ2n) is 8.17. The Labute approximate surface area is 181 Å². The van der Waals surface area contributed by atoms with E-state index in [2.05, 4.69) is 12.2 Å². The van der Waals surface area contributed by atoms with Gasteiger partial charge in [0.15, 0.2) is 0 Å². The number of nitrogens with zero attached hydrogens (tertiary/aromatic N) is 3. The lowest BCUT2D eigenvalue weighted by Gasteiger charge is -2.19. The Morgan fingerprint density at radius 3 is 2.74 bits per heavy atom. The van der Waals surface area contributed by atoms with E-state index >= 15 is 0 Å². The van der Waals surface area contributed by atoms with Crippen LogP contribution in [0.4, 0.5) is 11.6 Å². The molecule has 0 aliphatic carbocycles. The van der Waals surface area contributed by atoms with Crippen LogP contribution in [0.15, 0.2) is 48.5 Å². The number of hydrogen-bond acceptors (Lipinski definition) is 4. The standard InChI is InChI=1S/C24H26N4O3/c1-2-16-9-11-17(12-10-16)25-22(29)14-21-23(30)27(15-18-6-5-13-31-18)24-26-19-7-3-4-8-20(19)28(21)24/h3-4,7-12,18,21H,2,5-6,13-15H2,1H3,(H,25,29). The Balaban J connectivity index is 1.41. The minimum absolute atomic E-state index is 0.0156. The van der Waals surface area contributed by atoms with Crippen LogP contribution in [0.2, 0.25) is 0 Å². The predicted octanol–water partition coefficient (Wildman–Crippen LogP) is 3.69. The second kappa shape index (κ2) is 8.15. The van der Waals surface area contributed by atoms with Gasteiger partial charge in [0.2, 0.25) is 11.9 Å². The van der Waals surface area contributed by atoms with Crippen LogP contribution in [-0.4, -0.2) is 40.6 Å². The van der Waals surface area contributed by atoms with Gasteiger partial charge in [-0.15, -0.1) is 0 Å². The monoisotopic (exact) mass is 418 g/mol. The first-order chi connectivity index (χ1) is 15.1. The Hall–Kier alpha value is -3.19. The van der Waals surface area contributed by atoms with E-state index in [9.17, 15) is 9.59 Å². The molecule has 0 saturated carbocycles. The van der Waals surface area contributed by atoms with Crippen LogP contribution in [0.5, 0.6) is 0 Å².